The summed E-state index contributed by atoms with van der Waals surface area (Å²) in [6.07, 6.45) is -3.12. The maximum Gasteiger partial charge on any atom is 0.416 e. The minimum Gasteiger partial charge on any atom is -0.340 e. The van der Waals surface area contributed by atoms with Crippen LogP contribution in [0.4, 0.5) is 13.2 Å². The summed E-state index contributed by atoms with van der Waals surface area (Å²) in [6.45, 7) is 0.0540. The van der Waals surface area contributed by atoms with Crippen molar-refractivity contribution < 1.29 is 27.9 Å². The van der Waals surface area contributed by atoms with E-state index in [1.165, 1.54) is 17.6 Å². The number of halogens is 4. The topological polar surface area (TPSA) is 66.1 Å². The van der Waals surface area contributed by atoms with Crippen molar-refractivity contribution in [2.24, 2.45) is 0 Å². The second kappa shape index (κ2) is 7.53. The van der Waals surface area contributed by atoms with Crippen LogP contribution in [0.2, 0.25) is 5.02 Å². The van der Waals surface area contributed by atoms with Crippen LogP contribution in [0.3, 0.4) is 0 Å². The molecule has 10 heteroatoms. The fraction of sp³-hybridized carbons (Fsp3) is 0.118. The van der Waals surface area contributed by atoms with Crippen LogP contribution in [-0.4, -0.2) is 16.1 Å². The molecule has 0 spiro atoms. The van der Waals surface area contributed by atoms with Gasteiger partial charge in [-0.3, -0.25) is 10.0 Å². The summed E-state index contributed by atoms with van der Waals surface area (Å²) in [7, 11) is 0. The first-order chi connectivity index (χ1) is 12.7. The van der Waals surface area contributed by atoms with Crippen LogP contribution in [0.1, 0.15) is 21.7 Å². The quantitative estimate of drug-likeness (QED) is 0.502. The third-order valence-corrected chi connectivity index (χ3v) is 4.67. The molecule has 1 amide bonds. The van der Waals surface area contributed by atoms with Gasteiger partial charge in [0.1, 0.15) is 17.2 Å². The molecular weight excluding hydrogens is 403 g/mol. The second-order valence-electron chi connectivity index (χ2n) is 5.48. The van der Waals surface area contributed by atoms with Gasteiger partial charge in [-0.2, -0.15) is 13.2 Å². The van der Waals surface area contributed by atoms with Gasteiger partial charge in [-0.15, -0.1) is 11.3 Å². The third kappa shape index (κ3) is 4.55. The number of nitrogens with zero attached hydrogens (tertiary/aromatic N) is 2. The Kier molecular flexibility index (Phi) is 5.33. The van der Waals surface area contributed by atoms with E-state index >= 15 is 0 Å². The number of hydrogen-bond acceptors (Lipinski definition) is 4. The van der Waals surface area contributed by atoms with Gasteiger partial charge in [-0.05, 0) is 24.3 Å². The van der Waals surface area contributed by atoms with Gasteiger partial charge >= 0.3 is 6.18 Å². The highest BCUT2D eigenvalue weighted by molar-refractivity contribution is 7.13. The summed E-state index contributed by atoms with van der Waals surface area (Å²) >= 11 is 6.81. The molecule has 2 aromatic heterocycles. The molecule has 5 nitrogen and oxygen atoms in total. The lowest BCUT2D eigenvalue weighted by molar-refractivity contribution is -0.909. The Balaban J connectivity index is 1.78. The summed E-state index contributed by atoms with van der Waals surface area (Å²) in [6, 6.07) is 8.07. The molecule has 0 saturated carbocycles. The normalized spacial score (nSPS) is 11.4. The number of benzene rings is 1. The lowest BCUT2D eigenvalue weighted by atomic mass is 10.1. The molecule has 0 atom stereocenters. The standard InChI is InChI=1S/C17H11ClF3N3O2S/c18-12-6-10(5-11(7-12)17(19,20)21)16-23-14(9-27-16)15(25)22-8-13-3-1-2-4-24(13)26/h1-7,9H,8H2,(H-,22,25,26)/p+1. The van der Waals surface area contributed by atoms with E-state index in [1.807, 2.05) is 0 Å². The van der Waals surface area contributed by atoms with Gasteiger partial charge in [0.2, 0.25) is 6.20 Å². The molecule has 0 fully saturated rings. The molecular formula is C17H12ClF3N3O2S+. The zero-order chi connectivity index (χ0) is 19.6. The first kappa shape index (κ1) is 19.1. The number of carbonyl (C=O) groups is 1. The van der Waals surface area contributed by atoms with Gasteiger partial charge in [-0.25, -0.2) is 4.98 Å². The summed E-state index contributed by atoms with van der Waals surface area (Å²) < 4.78 is 39.7. The summed E-state index contributed by atoms with van der Waals surface area (Å²) in [4.78, 5) is 16.3. The Labute approximate surface area is 160 Å². The third-order valence-electron chi connectivity index (χ3n) is 3.56. The van der Waals surface area contributed by atoms with Crippen LogP contribution >= 0.6 is 22.9 Å². The Morgan fingerprint density at radius 2 is 2.07 bits per heavy atom. The van der Waals surface area contributed by atoms with Crippen LogP contribution in [0.15, 0.2) is 48.0 Å². The lowest BCUT2D eigenvalue weighted by Gasteiger charge is -2.08. The number of nitrogens with one attached hydrogen (secondary N) is 1. The molecule has 1 aromatic carbocycles. The van der Waals surface area contributed by atoms with E-state index in [1.54, 1.807) is 18.2 Å². The largest absolute Gasteiger partial charge is 0.416 e. The maximum absolute atomic E-state index is 12.9. The first-order valence-corrected chi connectivity index (χ1v) is 8.80. The van der Waals surface area contributed by atoms with Gasteiger partial charge in [0.25, 0.3) is 11.6 Å². The fourth-order valence-electron chi connectivity index (χ4n) is 2.26. The molecule has 27 heavy (non-hydrogen) atoms. The molecule has 2 N–H and O–H groups in total. The van der Waals surface area contributed by atoms with Gasteiger partial charge in [0, 0.05) is 32.8 Å². The highest BCUT2D eigenvalue weighted by atomic mass is 35.5. The van der Waals surface area contributed by atoms with Crippen LogP contribution in [0.5, 0.6) is 0 Å². The Morgan fingerprint density at radius 3 is 2.78 bits per heavy atom. The number of carbonyl (C=O) groups excluding carboxylic acids is 1. The summed E-state index contributed by atoms with van der Waals surface area (Å²) in [5, 5.41) is 13.8. The highest BCUT2D eigenvalue weighted by Gasteiger charge is 2.31. The number of alkyl halides is 3. The molecule has 2 heterocycles. The first-order valence-electron chi connectivity index (χ1n) is 7.55. The Bertz CT molecular complexity index is 992. The number of pyridine rings is 1. The van der Waals surface area contributed by atoms with Crippen molar-refractivity contribution in [3.8, 4) is 10.6 Å². The zero-order valence-corrected chi connectivity index (χ0v) is 15.1. The second-order valence-corrected chi connectivity index (χ2v) is 6.78. The molecule has 0 aliphatic heterocycles. The van der Waals surface area contributed by atoms with Crippen molar-refractivity contribution in [3.63, 3.8) is 0 Å². The summed E-state index contributed by atoms with van der Waals surface area (Å²) in [5.74, 6) is -0.514. The van der Waals surface area contributed by atoms with E-state index in [4.69, 9.17) is 11.6 Å². The van der Waals surface area contributed by atoms with Gasteiger partial charge < -0.3 is 5.32 Å². The number of rotatable bonds is 4. The molecule has 140 valence electrons. The minimum atomic E-state index is -4.54. The van der Waals surface area contributed by atoms with E-state index in [0.717, 1.165) is 28.2 Å². The van der Waals surface area contributed by atoms with Crippen LogP contribution in [0, 0.1) is 0 Å². The van der Waals surface area contributed by atoms with Crippen LogP contribution in [0.25, 0.3) is 10.6 Å². The van der Waals surface area contributed by atoms with Crippen molar-refractivity contribution in [2.45, 2.75) is 12.7 Å². The monoisotopic (exact) mass is 414 g/mol. The van der Waals surface area contributed by atoms with E-state index in [-0.39, 0.29) is 27.8 Å². The van der Waals surface area contributed by atoms with E-state index < -0.39 is 17.6 Å². The van der Waals surface area contributed by atoms with Crippen LogP contribution in [-0.2, 0) is 12.7 Å². The number of hydrogen-bond donors (Lipinski definition) is 2. The average Bonchev–Trinajstić information content (AvgIpc) is 3.10. The minimum absolute atomic E-state index is 0.0540. The smallest absolute Gasteiger partial charge is 0.340 e. The van der Waals surface area contributed by atoms with Crippen molar-refractivity contribution >= 4 is 28.8 Å². The van der Waals surface area contributed by atoms with Gasteiger partial charge in [0.05, 0.1) is 5.56 Å². The van der Waals surface area contributed by atoms with Crippen molar-refractivity contribution in [1.29, 1.82) is 0 Å². The van der Waals surface area contributed by atoms with Crippen LogP contribution < -0.4 is 10.0 Å². The van der Waals surface area contributed by atoms with E-state index in [2.05, 4.69) is 10.3 Å². The van der Waals surface area contributed by atoms with Crippen molar-refractivity contribution in [3.05, 3.63) is 69.9 Å². The van der Waals surface area contributed by atoms with E-state index in [9.17, 15) is 23.2 Å². The molecule has 0 radical (unpaired) electrons. The predicted molar refractivity (Wildman–Crippen MR) is 92.6 cm³/mol. The number of amides is 1. The zero-order valence-electron chi connectivity index (χ0n) is 13.5. The molecule has 0 unspecified atom stereocenters. The fourth-order valence-corrected chi connectivity index (χ4v) is 3.28. The Hall–Kier alpha value is -2.65. The predicted octanol–water partition coefficient (Wildman–Crippen LogP) is 3.94. The lowest BCUT2D eigenvalue weighted by Crippen LogP contribution is -2.38. The molecule has 0 aliphatic rings. The molecule has 0 bridgehead atoms. The maximum atomic E-state index is 12.9. The Morgan fingerprint density at radius 1 is 1.30 bits per heavy atom. The highest BCUT2D eigenvalue weighted by Crippen LogP contribution is 2.35. The average molecular weight is 415 g/mol. The molecule has 0 saturated heterocycles. The van der Waals surface area contributed by atoms with Gasteiger partial charge in [0.15, 0.2) is 0 Å². The number of aromatic nitrogens is 2. The molecule has 3 rings (SSSR count). The van der Waals surface area contributed by atoms with Gasteiger partial charge in [-0.1, -0.05) is 11.6 Å². The molecule has 0 aliphatic carbocycles. The van der Waals surface area contributed by atoms with Crippen molar-refractivity contribution in [1.82, 2.24) is 10.3 Å². The van der Waals surface area contributed by atoms with Crippen molar-refractivity contribution in [2.75, 3.05) is 0 Å². The number of thiazole rings is 1. The van der Waals surface area contributed by atoms with E-state index in [0.29, 0.717) is 5.69 Å². The summed E-state index contributed by atoms with van der Waals surface area (Å²) in [5.41, 5.74) is -0.201. The SMILES string of the molecule is O=C(NCc1cccc[n+]1O)c1csc(-c2cc(Cl)cc(C(F)(F)F)c2)n1. The molecule has 3 aromatic rings.